The van der Waals surface area contributed by atoms with Crippen molar-refractivity contribution in [3.8, 4) is 0 Å². The molecular weight excluding hydrogens is 250 g/mol. The number of carbonyl (C=O) groups excluding carboxylic acids is 1. The lowest BCUT2D eigenvalue weighted by atomic mass is 9.74. The standard InChI is InChI=1S/C17H33NO2/c1-14(11-16(2,3)4)10-15(20)18-12-17(13-19)8-6-5-7-9-17/h14,19H,5-13H2,1-4H3,(H,18,20). The summed E-state index contributed by atoms with van der Waals surface area (Å²) in [6, 6.07) is 0. The van der Waals surface area contributed by atoms with E-state index < -0.39 is 0 Å². The molecule has 3 nitrogen and oxygen atoms in total. The smallest absolute Gasteiger partial charge is 0.220 e. The fraction of sp³-hybridized carbons (Fsp3) is 0.941. The number of hydrogen-bond donors (Lipinski definition) is 2. The van der Waals surface area contributed by atoms with E-state index in [4.69, 9.17) is 0 Å². The van der Waals surface area contributed by atoms with Crippen LogP contribution in [0.25, 0.3) is 0 Å². The van der Waals surface area contributed by atoms with Gasteiger partial charge in [0.2, 0.25) is 5.91 Å². The minimum atomic E-state index is -0.0544. The zero-order chi connectivity index (χ0) is 15.2. The lowest BCUT2D eigenvalue weighted by Gasteiger charge is -2.35. The van der Waals surface area contributed by atoms with Crippen LogP contribution < -0.4 is 5.32 Å². The van der Waals surface area contributed by atoms with Gasteiger partial charge in [-0.25, -0.2) is 0 Å². The summed E-state index contributed by atoms with van der Waals surface area (Å²) in [6.45, 7) is 9.63. The average molecular weight is 283 g/mol. The molecule has 1 unspecified atom stereocenters. The van der Waals surface area contributed by atoms with Gasteiger partial charge in [0, 0.05) is 18.4 Å². The maximum absolute atomic E-state index is 12.0. The Balaban J connectivity index is 2.35. The lowest BCUT2D eigenvalue weighted by Crippen LogP contribution is -2.41. The number of nitrogens with one attached hydrogen (secondary N) is 1. The zero-order valence-electron chi connectivity index (χ0n) is 13.8. The summed E-state index contributed by atoms with van der Waals surface area (Å²) >= 11 is 0. The molecule has 0 radical (unpaired) electrons. The predicted molar refractivity (Wildman–Crippen MR) is 83.5 cm³/mol. The molecule has 0 aliphatic heterocycles. The van der Waals surface area contributed by atoms with Gasteiger partial charge in [0.1, 0.15) is 0 Å². The first-order chi connectivity index (χ1) is 9.26. The normalized spacial score (nSPS) is 20.4. The zero-order valence-corrected chi connectivity index (χ0v) is 13.8. The van der Waals surface area contributed by atoms with Crippen LogP contribution in [-0.2, 0) is 4.79 Å². The fourth-order valence-corrected chi connectivity index (χ4v) is 3.48. The summed E-state index contributed by atoms with van der Waals surface area (Å²) in [5, 5.41) is 12.7. The van der Waals surface area contributed by atoms with Gasteiger partial charge in [-0.3, -0.25) is 4.79 Å². The Labute approximate surface area is 124 Å². The molecule has 118 valence electrons. The molecule has 1 amide bonds. The van der Waals surface area contributed by atoms with Crippen molar-refractivity contribution in [2.45, 2.75) is 72.6 Å². The maximum Gasteiger partial charge on any atom is 0.220 e. The topological polar surface area (TPSA) is 49.3 Å². The van der Waals surface area contributed by atoms with Crippen molar-refractivity contribution < 1.29 is 9.90 Å². The van der Waals surface area contributed by atoms with Crippen LogP contribution in [0.1, 0.15) is 72.6 Å². The van der Waals surface area contributed by atoms with Crippen molar-refractivity contribution in [3.05, 3.63) is 0 Å². The molecule has 1 aliphatic rings. The Morgan fingerprint density at radius 2 is 1.85 bits per heavy atom. The molecule has 20 heavy (non-hydrogen) atoms. The van der Waals surface area contributed by atoms with E-state index in [9.17, 15) is 9.90 Å². The molecule has 1 atom stereocenters. The Hall–Kier alpha value is -0.570. The van der Waals surface area contributed by atoms with Gasteiger partial charge in [0.25, 0.3) is 0 Å². The van der Waals surface area contributed by atoms with E-state index >= 15 is 0 Å². The van der Waals surface area contributed by atoms with E-state index in [0.29, 0.717) is 18.9 Å². The molecule has 3 heteroatoms. The highest BCUT2D eigenvalue weighted by Crippen LogP contribution is 2.35. The first-order valence-corrected chi connectivity index (χ1v) is 8.14. The van der Waals surface area contributed by atoms with Gasteiger partial charge in [-0.15, -0.1) is 0 Å². The summed E-state index contributed by atoms with van der Waals surface area (Å²) < 4.78 is 0. The fourth-order valence-electron chi connectivity index (χ4n) is 3.48. The summed E-state index contributed by atoms with van der Waals surface area (Å²) in [4.78, 5) is 12.0. The van der Waals surface area contributed by atoms with Crippen LogP contribution in [-0.4, -0.2) is 24.2 Å². The van der Waals surface area contributed by atoms with E-state index in [1.807, 2.05) is 0 Å². The van der Waals surface area contributed by atoms with E-state index in [1.165, 1.54) is 19.3 Å². The maximum atomic E-state index is 12.0. The highest BCUT2D eigenvalue weighted by atomic mass is 16.3. The Morgan fingerprint density at radius 1 is 1.25 bits per heavy atom. The van der Waals surface area contributed by atoms with Crippen molar-refractivity contribution in [1.82, 2.24) is 5.32 Å². The highest BCUT2D eigenvalue weighted by Gasteiger charge is 2.31. The first kappa shape index (κ1) is 17.5. The third-order valence-electron chi connectivity index (χ3n) is 4.40. The Kier molecular flexibility index (Phi) is 6.50. The second kappa shape index (κ2) is 7.44. The number of rotatable bonds is 6. The molecular formula is C17H33NO2. The summed E-state index contributed by atoms with van der Waals surface area (Å²) in [7, 11) is 0. The van der Waals surface area contributed by atoms with Crippen molar-refractivity contribution in [1.29, 1.82) is 0 Å². The second-order valence-corrected chi connectivity index (χ2v) is 8.07. The molecule has 1 saturated carbocycles. The van der Waals surface area contributed by atoms with Crippen molar-refractivity contribution in [3.63, 3.8) is 0 Å². The van der Waals surface area contributed by atoms with Crippen LogP contribution in [0.3, 0.4) is 0 Å². The van der Waals surface area contributed by atoms with Gasteiger partial charge in [-0.05, 0) is 30.6 Å². The van der Waals surface area contributed by atoms with Crippen LogP contribution in [0.5, 0.6) is 0 Å². The molecule has 0 aromatic rings. The molecule has 0 heterocycles. The number of hydrogen-bond acceptors (Lipinski definition) is 2. The van der Waals surface area contributed by atoms with Crippen LogP contribution in [0.4, 0.5) is 0 Å². The molecule has 1 fully saturated rings. The second-order valence-electron chi connectivity index (χ2n) is 8.07. The van der Waals surface area contributed by atoms with Gasteiger partial charge in [-0.1, -0.05) is 47.0 Å². The minimum Gasteiger partial charge on any atom is -0.396 e. The molecule has 0 saturated heterocycles. The average Bonchev–Trinajstić information content (AvgIpc) is 2.35. The van der Waals surface area contributed by atoms with Gasteiger partial charge in [-0.2, -0.15) is 0 Å². The summed E-state index contributed by atoms with van der Waals surface area (Å²) in [6.07, 6.45) is 7.36. The number of aliphatic hydroxyl groups is 1. The van der Waals surface area contributed by atoms with Crippen LogP contribution >= 0.6 is 0 Å². The largest absolute Gasteiger partial charge is 0.396 e. The van der Waals surface area contributed by atoms with E-state index in [1.54, 1.807) is 0 Å². The lowest BCUT2D eigenvalue weighted by molar-refractivity contribution is -0.122. The SMILES string of the molecule is CC(CC(=O)NCC1(CO)CCCCC1)CC(C)(C)C. The van der Waals surface area contributed by atoms with E-state index in [-0.39, 0.29) is 23.3 Å². The van der Waals surface area contributed by atoms with E-state index in [2.05, 4.69) is 33.0 Å². The van der Waals surface area contributed by atoms with E-state index in [0.717, 1.165) is 19.3 Å². The molecule has 1 aliphatic carbocycles. The number of amides is 1. The van der Waals surface area contributed by atoms with Crippen LogP contribution in [0.2, 0.25) is 0 Å². The number of aliphatic hydroxyl groups excluding tert-OH is 1. The Bertz CT molecular complexity index is 301. The molecule has 0 aromatic carbocycles. The van der Waals surface area contributed by atoms with Crippen LogP contribution in [0.15, 0.2) is 0 Å². The van der Waals surface area contributed by atoms with Gasteiger partial charge in [0.15, 0.2) is 0 Å². The minimum absolute atomic E-state index is 0.0544. The molecule has 0 bridgehead atoms. The quantitative estimate of drug-likeness (QED) is 0.783. The van der Waals surface area contributed by atoms with Crippen molar-refractivity contribution in [2.24, 2.45) is 16.7 Å². The van der Waals surface area contributed by atoms with Crippen molar-refractivity contribution in [2.75, 3.05) is 13.2 Å². The summed E-state index contributed by atoms with van der Waals surface area (Å²) in [5.74, 6) is 0.548. The van der Waals surface area contributed by atoms with Gasteiger partial charge < -0.3 is 10.4 Å². The summed E-state index contributed by atoms with van der Waals surface area (Å²) in [5.41, 5.74) is 0.219. The third-order valence-corrected chi connectivity index (χ3v) is 4.40. The number of carbonyl (C=O) groups is 1. The third kappa shape index (κ3) is 6.25. The molecule has 0 aromatic heterocycles. The highest BCUT2D eigenvalue weighted by molar-refractivity contribution is 5.76. The van der Waals surface area contributed by atoms with Crippen molar-refractivity contribution >= 4 is 5.91 Å². The van der Waals surface area contributed by atoms with Gasteiger partial charge >= 0.3 is 0 Å². The molecule has 2 N–H and O–H groups in total. The monoisotopic (exact) mass is 283 g/mol. The molecule has 0 spiro atoms. The van der Waals surface area contributed by atoms with Gasteiger partial charge in [0.05, 0.1) is 6.61 Å². The van der Waals surface area contributed by atoms with Crippen LogP contribution in [0, 0.1) is 16.7 Å². The predicted octanol–water partition coefficient (Wildman–Crippen LogP) is 3.51. The molecule has 1 rings (SSSR count). The first-order valence-electron chi connectivity index (χ1n) is 8.14. The Morgan fingerprint density at radius 3 is 2.35 bits per heavy atom.